The molecule has 0 spiro atoms. The zero-order chi connectivity index (χ0) is 38.0. The summed E-state index contributed by atoms with van der Waals surface area (Å²) in [5, 5.41) is 4.41. The third-order valence-corrected chi connectivity index (χ3v) is 14.7. The van der Waals surface area contributed by atoms with Crippen LogP contribution >= 0.6 is 0 Å². The number of fused-ring (bicyclic) bond motifs is 4. The number of rotatable bonds is 8. The maximum atomic E-state index is 6.38. The number of furan rings is 1. The van der Waals surface area contributed by atoms with Crippen molar-refractivity contribution in [2.24, 2.45) is 11.8 Å². The third-order valence-electron chi connectivity index (χ3n) is 10.3. The van der Waals surface area contributed by atoms with Crippen LogP contribution in [0, 0.1) is 24.0 Å². The van der Waals surface area contributed by atoms with Gasteiger partial charge in [-0.2, -0.15) is 0 Å². The van der Waals surface area contributed by atoms with Gasteiger partial charge in [-0.15, -0.1) is 18.2 Å². The zero-order valence-electron chi connectivity index (χ0n) is 33.1. The molecule has 4 aromatic heterocycles. The van der Waals surface area contributed by atoms with Gasteiger partial charge in [0.1, 0.15) is 0 Å². The molecule has 281 valence electrons. The standard InChI is InChI=1S/C31H25N2O.C18H24GeN.Ir/c1-19(2)20(3)22-16-17-32-29(18-22)27-13-7-12-25-26-14-15-28(33-31(26)34-30(25)27)24-11-6-9-21-8-4-5-10-23(21)24;1-14(2)11-16-12-18(15-9-7-6-8-10-15)20-13-17(16)19(3,4)5;/h4-12,14-20H,1-3H3;6-9,12-14H,11H2,1-5H3;/q2*-1;. The Bertz CT molecular complexity index is 2550. The average molecular weight is 961 g/mol. The summed E-state index contributed by atoms with van der Waals surface area (Å²) in [5.41, 5.74) is 10.1. The number of hydrogen-bond acceptors (Lipinski definition) is 4. The van der Waals surface area contributed by atoms with E-state index in [-0.39, 0.29) is 20.1 Å². The SMILES string of the molecule is CC(C)C(C)c1ccnc(-c2[c-]ccc3c2oc2nc(-c4cccc5ccccc45)ccc23)c1.CC(C)Cc1cc(-c2[c-]cccc2)nc[c]1[Ge]([CH3])([CH3])[CH3].[Ir]. The molecule has 55 heavy (non-hydrogen) atoms. The van der Waals surface area contributed by atoms with Crippen LogP contribution in [0.4, 0.5) is 0 Å². The Balaban J connectivity index is 0.000000211. The van der Waals surface area contributed by atoms with Crippen LogP contribution in [0.2, 0.25) is 17.3 Å². The number of pyridine rings is 3. The van der Waals surface area contributed by atoms with Gasteiger partial charge in [-0.05, 0) is 46.5 Å². The minimum atomic E-state index is -1.86. The Morgan fingerprint density at radius 3 is 2.22 bits per heavy atom. The van der Waals surface area contributed by atoms with Crippen LogP contribution in [-0.4, -0.2) is 28.2 Å². The van der Waals surface area contributed by atoms with E-state index < -0.39 is 13.3 Å². The van der Waals surface area contributed by atoms with Crippen molar-refractivity contribution < 1.29 is 24.5 Å². The number of aromatic nitrogens is 3. The van der Waals surface area contributed by atoms with Crippen LogP contribution in [0.1, 0.15) is 51.7 Å². The van der Waals surface area contributed by atoms with Crippen LogP contribution in [-0.2, 0) is 26.5 Å². The number of nitrogens with zero attached hydrogens (tertiary/aromatic N) is 3. The Morgan fingerprint density at radius 2 is 1.47 bits per heavy atom. The van der Waals surface area contributed by atoms with Crippen molar-refractivity contribution in [3.63, 3.8) is 0 Å². The summed E-state index contributed by atoms with van der Waals surface area (Å²) in [7, 11) is 0. The predicted octanol–water partition coefficient (Wildman–Crippen LogP) is 12.7. The molecule has 0 fully saturated rings. The Kier molecular flexibility index (Phi) is 12.6. The molecular formula is C49H49GeIrN3O-2. The maximum Gasteiger partial charge on any atom is 0 e. The molecule has 0 saturated carbocycles. The molecule has 8 aromatic rings. The second-order valence-corrected chi connectivity index (χ2v) is 26.7. The molecule has 0 aliphatic heterocycles. The molecule has 4 nitrogen and oxygen atoms in total. The van der Waals surface area contributed by atoms with Gasteiger partial charge in [0, 0.05) is 37.3 Å². The van der Waals surface area contributed by atoms with Gasteiger partial charge in [-0.25, -0.2) is 4.98 Å². The largest absolute Gasteiger partial charge is 0 e. The van der Waals surface area contributed by atoms with E-state index in [0.717, 1.165) is 56.5 Å². The summed E-state index contributed by atoms with van der Waals surface area (Å²) in [6.07, 6.45) is 5.16. The fraction of sp³-hybridized carbons (Fsp3) is 0.245. The van der Waals surface area contributed by atoms with Gasteiger partial charge in [0.05, 0.1) is 11.3 Å². The number of benzene rings is 4. The summed E-state index contributed by atoms with van der Waals surface area (Å²) < 4.78 is 7.92. The van der Waals surface area contributed by atoms with Gasteiger partial charge in [0.2, 0.25) is 5.71 Å². The zero-order valence-corrected chi connectivity index (χ0v) is 37.6. The first-order chi connectivity index (χ1) is 26.0. The van der Waals surface area contributed by atoms with Crippen LogP contribution < -0.4 is 4.40 Å². The van der Waals surface area contributed by atoms with E-state index in [2.05, 4.69) is 154 Å². The molecule has 8 rings (SSSR count). The van der Waals surface area contributed by atoms with Crippen molar-refractivity contribution in [3.05, 3.63) is 145 Å². The molecule has 0 aliphatic rings. The van der Waals surface area contributed by atoms with Crippen molar-refractivity contribution in [3.8, 4) is 33.8 Å². The molecule has 0 amide bonds. The van der Waals surface area contributed by atoms with E-state index in [0.29, 0.717) is 23.5 Å². The molecule has 4 aromatic carbocycles. The molecule has 0 aliphatic carbocycles. The maximum absolute atomic E-state index is 6.38. The summed E-state index contributed by atoms with van der Waals surface area (Å²) in [6, 6.07) is 44.2. The first-order valence-corrected chi connectivity index (χ1v) is 26.5. The van der Waals surface area contributed by atoms with Gasteiger partial charge >= 0.3 is 126 Å². The summed E-state index contributed by atoms with van der Waals surface area (Å²) in [4.78, 5) is 14.3. The predicted molar refractivity (Wildman–Crippen MR) is 230 cm³/mol. The first-order valence-electron chi connectivity index (χ1n) is 19.1. The summed E-state index contributed by atoms with van der Waals surface area (Å²) >= 11 is -1.86. The van der Waals surface area contributed by atoms with Crippen molar-refractivity contribution in [1.29, 1.82) is 0 Å². The van der Waals surface area contributed by atoms with Crippen molar-refractivity contribution in [1.82, 2.24) is 15.0 Å². The van der Waals surface area contributed by atoms with E-state index in [9.17, 15) is 0 Å². The molecule has 0 N–H and O–H groups in total. The molecule has 1 radical (unpaired) electrons. The van der Waals surface area contributed by atoms with Gasteiger partial charge in [0.15, 0.2) is 0 Å². The quantitative estimate of drug-likeness (QED) is 0.112. The minimum Gasteiger partial charge on any atom is 0 e. The van der Waals surface area contributed by atoms with Gasteiger partial charge in [-0.1, -0.05) is 85.8 Å². The Morgan fingerprint density at radius 1 is 0.691 bits per heavy atom. The smallest absolute Gasteiger partial charge is 0 e. The molecule has 4 heterocycles. The second kappa shape index (κ2) is 17.2. The van der Waals surface area contributed by atoms with Crippen molar-refractivity contribution >= 4 is 50.5 Å². The van der Waals surface area contributed by atoms with E-state index in [1.165, 1.54) is 21.9 Å². The Hall–Kier alpha value is -4.42. The van der Waals surface area contributed by atoms with E-state index in [1.807, 2.05) is 36.5 Å². The van der Waals surface area contributed by atoms with Gasteiger partial charge in [0.25, 0.3) is 0 Å². The third kappa shape index (κ3) is 8.86. The average Bonchev–Trinajstić information content (AvgIpc) is 3.55. The van der Waals surface area contributed by atoms with Crippen LogP contribution in [0.5, 0.6) is 0 Å². The minimum absolute atomic E-state index is 0. The van der Waals surface area contributed by atoms with Gasteiger partial charge < -0.3 is 9.40 Å². The van der Waals surface area contributed by atoms with Crippen LogP contribution in [0.25, 0.3) is 66.6 Å². The van der Waals surface area contributed by atoms with Crippen molar-refractivity contribution in [2.75, 3.05) is 0 Å². The first kappa shape index (κ1) is 40.3. The molecule has 0 saturated heterocycles. The summed E-state index contributed by atoms with van der Waals surface area (Å²) in [5.74, 6) is 8.99. The molecule has 0 bridgehead atoms. The normalized spacial score (nSPS) is 12.2. The molecule has 1 atom stereocenters. The van der Waals surface area contributed by atoms with Crippen molar-refractivity contribution in [2.45, 2.75) is 64.2 Å². The van der Waals surface area contributed by atoms with E-state index in [1.54, 1.807) is 4.40 Å². The van der Waals surface area contributed by atoms with Gasteiger partial charge in [-0.3, -0.25) is 0 Å². The fourth-order valence-corrected chi connectivity index (χ4v) is 10.5. The van der Waals surface area contributed by atoms with E-state index in [4.69, 9.17) is 14.4 Å². The monoisotopic (exact) mass is 962 g/mol. The molecule has 1 unspecified atom stereocenters. The fourth-order valence-electron chi connectivity index (χ4n) is 7.14. The summed E-state index contributed by atoms with van der Waals surface area (Å²) in [6.45, 7) is 11.3. The second-order valence-electron chi connectivity index (χ2n) is 16.1. The number of hydrogen-bond donors (Lipinski definition) is 0. The Labute approximate surface area is 342 Å². The van der Waals surface area contributed by atoms with E-state index >= 15 is 0 Å². The topological polar surface area (TPSA) is 51.8 Å². The van der Waals surface area contributed by atoms with Crippen LogP contribution in [0.3, 0.4) is 0 Å². The van der Waals surface area contributed by atoms with Crippen LogP contribution in [0.15, 0.2) is 126 Å². The molecular weight excluding hydrogens is 911 g/mol. The molecule has 6 heteroatoms.